The molecule has 0 bridgehead atoms. The monoisotopic (exact) mass is 472 g/mol. The van der Waals surface area contributed by atoms with Gasteiger partial charge in [-0.3, -0.25) is 9.59 Å². The number of aryl methyl sites for hydroxylation is 1. The number of carbonyl (C=O) groups is 2. The quantitative estimate of drug-likeness (QED) is 0.404. The van der Waals surface area contributed by atoms with Crippen LogP contribution in [0.5, 0.6) is 0 Å². The summed E-state index contributed by atoms with van der Waals surface area (Å²) >= 11 is 6.20. The Kier molecular flexibility index (Phi) is 7.13. The molecule has 2 aromatic rings. The van der Waals surface area contributed by atoms with Crippen molar-refractivity contribution in [2.75, 3.05) is 5.32 Å². The first kappa shape index (κ1) is 23.8. The number of nitrogens with zero attached hydrogens (tertiary/aromatic N) is 1. The molecule has 2 aliphatic carbocycles. The molecule has 1 aromatic carbocycles. The van der Waals surface area contributed by atoms with Gasteiger partial charge in [-0.05, 0) is 80.9 Å². The Labute approximate surface area is 200 Å². The summed E-state index contributed by atoms with van der Waals surface area (Å²) in [5.74, 6) is 0.881. The van der Waals surface area contributed by atoms with Crippen molar-refractivity contribution >= 4 is 29.2 Å². The van der Waals surface area contributed by atoms with E-state index in [4.69, 9.17) is 16.1 Å². The SMILES string of the molecule is Cc1ccc(NC(=O)CCC(C(=O)O)c2noc(C3CC(CC(C)C)C3)c2C2CC2)c(Cl)c1. The standard InChI is InChI=1S/C26H33ClN2O4/c1-14(2)10-16-12-18(13-16)25-23(17-5-6-17)24(29-33-25)19(26(31)32)7-9-22(30)28-21-8-4-15(3)11-20(21)27/h4,8,11,14,16-19H,5-7,9-10,12-13H2,1-3H3,(H,28,30)(H,31,32). The molecular formula is C26H33ClN2O4. The van der Waals surface area contributed by atoms with E-state index >= 15 is 0 Å². The maximum atomic E-state index is 12.5. The number of carbonyl (C=O) groups excluding carboxylic acids is 1. The Bertz CT molecular complexity index is 1020. The number of amides is 1. The highest BCUT2D eigenvalue weighted by molar-refractivity contribution is 6.33. The third kappa shape index (κ3) is 5.60. The minimum atomic E-state index is -0.968. The minimum absolute atomic E-state index is 0.0629. The maximum absolute atomic E-state index is 12.5. The van der Waals surface area contributed by atoms with Crippen LogP contribution in [0.25, 0.3) is 0 Å². The predicted octanol–water partition coefficient (Wildman–Crippen LogP) is 6.64. The summed E-state index contributed by atoms with van der Waals surface area (Å²) in [5.41, 5.74) is 3.06. The lowest BCUT2D eigenvalue weighted by molar-refractivity contribution is -0.139. The Morgan fingerprint density at radius 1 is 1.24 bits per heavy atom. The molecule has 1 heterocycles. The number of rotatable bonds is 10. The van der Waals surface area contributed by atoms with Crippen molar-refractivity contribution in [3.8, 4) is 0 Å². The first-order chi connectivity index (χ1) is 15.7. The van der Waals surface area contributed by atoms with Gasteiger partial charge in [0.05, 0.1) is 10.7 Å². The molecule has 2 N–H and O–H groups in total. The van der Waals surface area contributed by atoms with E-state index in [0.29, 0.717) is 40.1 Å². The van der Waals surface area contributed by atoms with E-state index in [1.807, 2.05) is 13.0 Å². The van der Waals surface area contributed by atoms with Gasteiger partial charge in [-0.1, -0.05) is 36.7 Å². The number of nitrogens with one attached hydrogen (secondary N) is 1. The zero-order valence-electron chi connectivity index (χ0n) is 19.6. The van der Waals surface area contributed by atoms with Crippen LogP contribution in [0.1, 0.15) is 99.1 Å². The van der Waals surface area contributed by atoms with Gasteiger partial charge in [0, 0.05) is 17.9 Å². The maximum Gasteiger partial charge on any atom is 0.312 e. The third-order valence-electron chi connectivity index (χ3n) is 6.87. The van der Waals surface area contributed by atoms with E-state index in [9.17, 15) is 14.7 Å². The molecule has 2 fully saturated rings. The van der Waals surface area contributed by atoms with E-state index in [-0.39, 0.29) is 18.7 Å². The van der Waals surface area contributed by atoms with Gasteiger partial charge in [-0.15, -0.1) is 0 Å². The summed E-state index contributed by atoms with van der Waals surface area (Å²) in [5, 5.41) is 17.5. The second kappa shape index (κ2) is 9.88. The van der Waals surface area contributed by atoms with Crippen LogP contribution in [0.15, 0.2) is 22.7 Å². The topological polar surface area (TPSA) is 92.4 Å². The zero-order chi connectivity index (χ0) is 23.7. The van der Waals surface area contributed by atoms with Crippen LogP contribution in [-0.2, 0) is 9.59 Å². The highest BCUT2D eigenvalue weighted by Crippen LogP contribution is 2.52. The molecular weight excluding hydrogens is 440 g/mol. The van der Waals surface area contributed by atoms with Crippen molar-refractivity contribution < 1.29 is 19.2 Å². The fraction of sp³-hybridized carbons (Fsp3) is 0.577. The molecule has 1 aromatic heterocycles. The van der Waals surface area contributed by atoms with Gasteiger partial charge >= 0.3 is 5.97 Å². The number of benzene rings is 1. The van der Waals surface area contributed by atoms with Crippen molar-refractivity contribution in [1.29, 1.82) is 0 Å². The molecule has 0 aliphatic heterocycles. The summed E-state index contributed by atoms with van der Waals surface area (Å²) in [6, 6.07) is 5.40. The Morgan fingerprint density at radius 3 is 2.58 bits per heavy atom. The van der Waals surface area contributed by atoms with Crippen LogP contribution in [0.2, 0.25) is 5.02 Å². The van der Waals surface area contributed by atoms with Crippen molar-refractivity contribution in [2.45, 2.75) is 83.5 Å². The average Bonchev–Trinajstić information content (AvgIpc) is 3.46. The summed E-state index contributed by atoms with van der Waals surface area (Å²) in [6.07, 6.45) is 5.71. The van der Waals surface area contributed by atoms with Gasteiger partial charge in [0.15, 0.2) is 0 Å². The lowest BCUT2D eigenvalue weighted by Crippen LogP contribution is -2.24. The van der Waals surface area contributed by atoms with Crippen LogP contribution >= 0.6 is 11.6 Å². The van der Waals surface area contributed by atoms with Crippen molar-refractivity contribution in [3.05, 3.63) is 45.8 Å². The van der Waals surface area contributed by atoms with Crippen LogP contribution in [0, 0.1) is 18.8 Å². The highest BCUT2D eigenvalue weighted by atomic mass is 35.5. The van der Waals surface area contributed by atoms with Gasteiger partial charge in [-0.25, -0.2) is 0 Å². The van der Waals surface area contributed by atoms with Gasteiger partial charge in [0.2, 0.25) is 5.91 Å². The Morgan fingerprint density at radius 2 is 1.97 bits per heavy atom. The normalized spacial score (nSPS) is 21.0. The molecule has 0 radical (unpaired) electrons. The predicted molar refractivity (Wildman–Crippen MR) is 128 cm³/mol. The van der Waals surface area contributed by atoms with Crippen LogP contribution in [0.3, 0.4) is 0 Å². The fourth-order valence-electron chi connectivity index (χ4n) is 5.05. The molecule has 2 saturated carbocycles. The Hall–Kier alpha value is -2.34. The summed E-state index contributed by atoms with van der Waals surface area (Å²) in [7, 11) is 0. The first-order valence-corrected chi connectivity index (χ1v) is 12.4. The number of aliphatic carboxylic acids is 1. The number of carboxylic acids is 1. The number of hydrogen-bond acceptors (Lipinski definition) is 4. The lowest BCUT2D eigenvalue weighted by Gasteiger charge is -2.35. The molecule has 178 valence electrons. The first-order valence-electron chi connectivity index (χ1n) is 12.0. The minimum Gasteiger partial charge on any atom is -0.481 e. The van der Waals surface area contributed by atoms with Gasteiger partial charge in [-0.2, -0.15) is 0 Å². The van der Waals surface area contributed by atoms with E-state index < -0.39 is 11.9 Å². The largest absolute Gasteiger partial charge is 0.481 e. The number of halogens is 1. The lowest BCUT2D eigenvalue weighted by atomic mass is 9.69. The van der Waals surface area contributed by atoms with Crippen molar-refractivity contribution in [1.82, 2.24) is 5.16 Å². The van der Waals surface area contributed by atoms with Crippen molar-refractivity contribution in [3.63, 3.8) is 0 Å². The van der Waals surface area contributed by atoms with E-state index in [2.05, 4.69) is 24.3 Å². The number of carboxylic acid groups (broad SMARTS) is 1. The molecule has 2 aliphatic rings. The summed E-state index contributed by atoms with van der Waals surface area (Å²) in [6.45, 7) is 6.42. The van der Waals surface area contributed by atoms with Crippen LogP contribution < -0.4 is 5.32 Å². The van der Waals surface area contributed by atoms with E-state index in [1.165, 1.54) is 6.42 Å². The molecule has 1 atom stereocenters. The van der Waals surface area contributed by atoms with Crippen LogP contribution in [0.4, 0.5) is 5.69 Å². The van der Waals surface area contributed by atoms with Crippen LogP contribution in [-0.4, -0.2) is 22.1 Å². The second-order valence-electron chi connectivity index (χ2n) is 10.2. The molecule has 1 amide bonds. The molecule has 6 nitrogen and oxygen atoms in total. The van der Waals surface area contributed by atoms with Gasteiger partial charge < -0.3 is 14.9 Å². The second-order valence-corrected chi connectivity index (χ2v) is 10.7. The van der Waals surface area contributed by atoms with E-state index in [0.717, 1.165) is 42.6 Å². The summed E-state index contributed by atoms with van der Waals surface area (Å²) in [4.78, 5) is 24.7. The third-order valence-corrected chi connectivity index (χ3v) is 7.18. The molecule has 33 heavy (non-hydrogen) atoms. The average molecular weight is 473 g/mol. The smallest absolute Gasteiger partial charge is 0.312 e. The molecule has 1 unspecified atom stereocenters. The molecule has 0 spiro atoms. The highest BCUT2D eigenvalue weighted by Gasteiger charge is 2.42. The van der Waals surface area contributed by atoms with Crippen molar-refractivity contribution in [2.24, 2.45) is 11.8 Å². The fourth-order valence-corrected chi connectivity index (χ4v) is 5.33. The molecule has 7 heteroatoms. The summed E-state index contributed by atoms with van der Waals surface area (Å²) < 4.78 is 5.78. The molecule has 0 saturated heterocycles. The van der Waals surface area contributed by atoms with Gasteiger partial charge in [0.1, 0.15) is 17.4 Å². The zero-order valence-corrected chi connectivity index (χ0v) is 20.3. The molecule has 4 rings (SSSR count). The Balaban J connectivity index is 1.44. The van der Waals surface area contributed by atoms with E-state index in [1.54, 1.807) is 12.1 Å². The number of hydrogen-bond donors (Lipinski definition) is 2. The van der Waals surface area contributed by atoms with Gasteiger partial charge in [0.25, 0.3) is 0 Å². The number of aromatic nitrogens is 1. The number of anilines is 1.